The Kier molecular flexibility index (Phi) is 6.42. The van der Waals surface area contributed by atoms with Gasteiger partial charge in [-0.05, 0) is 39.0 Å². The Hall–Kier alpha value is -2.14. The molecular weight excluding hydrogens is 430 g/mol. The maximum Gasteiger partial charge on any atom is 0.410 e. The molecule has 1 aliphatic rings. The number of aromatic nitrogens is 2. The average Bonchev–Trinajstić information content (AvgIpc) is 3.16. The number of halogens is 1. The number of carbonyl (C=O) groups excluding carboxylic acids is 1. The number of carbonyl (C=O) groups is 1. The van der Waals surface area contributed by atoms with Crippen molar-refractivity contribution in [1.82, 2.24) is 19.0 Å². The van der Waals surface area contributed by atoms with Crippen LogP contribution in [0.5, 0.6) is 0 Å². The molecule has 2 aromatic rings. The van der Waals surface area contributed by atoms with Crippen molar-refractivity contribution in [2.24, 2.45) is 5.73 Å². The van der Waals surface area contributed by atoms with Gasteiger partial charge in [0.2, 0.25) is 10.0 Å². The lowest BCUT2D eigenvalue weighted by Gasteiger charge is -2.35. The van der Waals surface area contributed by atoms with E-state index in [0.717, 1.165) is 5.56 Å². The highest BCUT2D eigenvalue weighted by Gasteiger charge is 2.33. The summed E-state index contributed by atoms with van der Waals surface area (Å²) >= 11 is 6.32. The Morgan fingerprint density at radius 2 is 1.90 bits per heavy atom. The van der Waals surface area contributed by atoms with Crippen molar-refractivity contribution in [2.75, 3.05) is 26.2 Å². The van der Waals surface area contributed by atoms with Crippen molar-refractivity contribution in [2.45, 2.75) is 37.8 Å². The highest BCUT2D eigenvalue weighted by Crippen LogP contribution is 2.28. The molecule has 0 spiro atoms. The van der Waals surface area contributed by atoms with Crippen molar-refractivity contribution in [1.29, 1.82) is 0 Å². The number of hydrogen-bond acceptors (Lipinski definition) is 6. The first-order valence-electron chi connectivity index (χ1n) is 9.53. The average molecular weight is 456 g/mol. The van der Waals surface area contributed by atoms with Crippen molar-refractivity contribution >= 4 is 27.7 Å². The summed E-state index contributed by atoms with van der Waals surface area (Å²) in [6, 6.07) is 4.67. The second kappa shape index (κ2) is 8.54. The van der Waals surface area contributed by atoms with Crippen LogP contribution >= 0.6 is 11.6 Å². The maximum atomic E-state index is 13.1. The topological polar surface area (TPSA) is 111 Å². The van der Waals surface area contributed by atoms with Crippen LogP contribution in [-0.2, 0) is 21.3 Å². The van der Waals surface area contributed by atoms with E-state index >= 15 is 0 Å². The van der Waals surface area contributed by atoms with E-state index in [2.05, 4.69) is 5.10 Å². The van der Waals surface area contributed by atoms with Gasteiger partial charge >= 0.3 is 6.09 Å². The van der Waals surface area contributed by atoms with Gasteiger partial charge < -0.3 is 15.4 Å². The predicted molar refractivity (Wildman–Crippen MR) is 113 cm³/mol. The van der Waals surface area contributed by atoms with Gasteiger partial charge in [0.25, 0.3) is 0 Å². The quantitative estimate of drug-likeness (QED) is 0.756. The molecule has 1 amide bonds. The number of hydrogen-bond donors (Lipinski definition) is 1. The van der Waals surface area contributed by atoms with Gasteiger partial charge in [-0.15, -0.1) is 0 Å². The molecule has 0 aliphatic carbocycles. The summed E-state index contributed by atoms with van der Waals surface area (Å²) in [7, 11) is -3.80. The van der Waals surface area contributed by atoms with Crippen LogP contribution in [0, 0.1) is 0 Å². The lowest BCUT2D eigenvalue weighted by atomic mass is 10.2. The minimum Gasteiger partial charge on any atom is -0.444 e. The molecule has 1 aromatic carbocycles. The Balaban J connectivity index is 1.72. The van der Waals surface area contributed by atoms with Gasteiger partial charge in [-0.2, -0.15) is 9.40 Å². The van der Waals surface area contributed by atoms with Crippen molar-refractivity contribution < 1.29 is 17.9 Å². The third kappa shape index (κ3) is 4.94. The first kappa shape index (κ1) is 22.5. The van der Waals surface area contributed by atoms with Gasteiger partial charge in [0.15, 0.2) is 0 Å². The lowest BCUT2D eigenvalue weighted by Crippen LogP contribution is -2.51. The van der Waals surface area contributed by atoms with Crippen LogP contribution in [0.25, 0.3) is 5.69 Å². The summed E-state index contributed by atoms with van der Waals surface area (Å²) in [5.74, 6) is 0. The molecular formula is C19H26ClN5O4S. The standard InChI is InChI=1S/C19H26ClN5O4S/c1-19(2,3)29-18(26)23-6-8-24(9-7-23)30(27,28)17-5-4-15(10-16(17)20)25-13-14(11-21)12-22-25/h4-5,10,12-13H,6-9,11,21H2,1-3H3. The Bertz CT molecular complexity index is 1020. The molecule has 9 nitrogen and oxygen atoms in total. The fourth-order valence-corrected chi connectivity index (χ4v) is 4.96. The number of nitrogens with zero attached hydrogens (tertiary/aromatic N) is 4. The molecule has 0 unspecified atom stereocenters. The molecule has 1 fully saturated rings. The zero-order valence-electron chi connectivity index (χ0n) is 17.2. The summed E-state index contributed by atoms with van der Waals surface area (Å²) < 4.78 is 34.4. The van der Waals surface area contributed by atoms with Gasteiger partial charge in [-0.1, -0.05) is 11.6 Å². The molecule has 0 radical (unpaired) electrons. The van der Waals surface area contributed by atoms with Crippen molar-refractivity contribution in [3.05, 3.63) is 41.2 Å². The molecule has 2 heterocycles. The van der Waals surface area contributed by atoms with Gasteiger partial charge in [-0.25, -0.2) is 17.9 Å². The monoisotopic (exact) mass is 455 g/mol. The van der Waals surface area contributed by atoms with Gasteiger partial charge in [-0.3, -0.25) is 0 Å². The fourth-order valence-electron chi connectivity index (χ4n) is 3.02. The van der Waals surface area contributed by atoms with Crippen molar-refractivity contribution in [3.63, 3.8) is 0 Å². The van der Waals surface area contributed by atoms with E-state index in [0.29, 0.717) is 12.2 Å². The molecule has 1 aromatic heterocycles. The van der Waals surface area contributed by atoms with Crippen molar-refractivity contribution in [3.8, 4) is 5.69 Å². The van der Waals surface area contributed by atoms with E-state index in [1.54, 1.807) is 50.0 Å². The number of piperazine rings is 1. The van der Waals surface area contributed by atoms with E-state index in [4.69, 9.17) is 22.1 Å². The lowest BCUT2D eigenvalue weighted by molar-refractivity contribution is 0.0192. The molecule has 30 heavy (non-hydrogen) atoms. The zero-order valence-corrected chi connectivity index (χ0v) is 18.8. The second-order valence-electron chi connectivity index (χ2n) is 7.98. The number of benzene rings is 1. The Morgan fingerprint density at radius 1 is 1.23 bits per heavy atom. The largest absolute Gasteiger partial charge is 0.444 e. The highest BCUT2D eigenvalue weighted by atomic mass is 35.5. The number of nitrogens with two attached hydrogens (primary N) is 1. The summed E-state index contributed by atoms with van der Waals surface area (Å²) in [5, 5.41) is 4.30. The highest BCUT2D eigenvalue weighted by molar-refractivity contribution is 7.89. The van der Waals surface area contributed by atoms with Crippen LogP contribution in [0.1, 0.15) is 26.3 Å². The summed E-state index contributed by atoms with van der Waals surface area (Å²) in [6.07, 6.45) is 2.95. The summed E-state index contributed by atoms with van der Waals surface area (Å²) in [6.45, 7) is 6.55. The molecule has 3 rings (SSSR count). The normalized spacial score (nSPS) is 16.0. The van der Waals surface area contributed by atoms with E-state index in [1.807, 2.05) is 0 Å². The second-order valence-corrected chi connectivity index (χ2v) is 10.3. The van der Waals surface area contributed by atoms with E-state index < -0.39 is 21.7 Å². The molecule has 0 saturated carbocycles. The van der Waals surface area contributed by atoms with Crippen LogP contribution < -0.4 is 5.73 Å². The molecule has 0 bridgehead atoms. The van der Waals surface area contributed by atoms with Crippen LogP contribution in [0.4, 0.5) is 4.79 Å². The van der Waals surface area contributed by atoms with Crippen LogP contribution in [0.2, 0.25) is 5.02 Å². The Morgan fingerprint density at radius 3 is 2.43 bits per heavy atom. The van der Waals surface area contributed by atoms with Crippen LogP contribution in [-0.4, -0.2) is 65.3 Å². The summed E-state index contributed by atoms with van der Waals surface area (Å²) in [5.41, 5.74) is 6.48. The molecule has 11 heteroatoms. The smallest absolute Gasteiger partial charge is 0.410 e. The van der Waals surface area contributed by atoms with Gasteiger partial charge in [0, 0.05) is 44.5 Å². The minimum absolute atomic E-state index is 0.0184. The van der Waals surface area contributed by atoms with Crippen LogP contribution in [0.3, 0.4) is 0 Å². The SMILES string of the molecule is CC(C)(C)OC(=O)N1CCN(S(=O)(=O)c2ccc(-n3cc(CN)cn3)cc2Cl)CC1. The van der Waals surface area contributed by atoms with E-state index in [9.17, 15) is 13.2 Å². The molecule has 0 atom stereocenters. The number of amides is 1. The first-order chi connectivity index (χ1) is 14.0. The maximum absolute atomic E-state index is 13.1. The zero-order chi connectivity index (χ0) is 22.1. The van der Waals surface area contributed by atoms with E-state index in [1.165, 1.54) is 15.3 Å². The molecule has 164 valence electrons. The predicted octanol–water partition coefficient (Wildman–Crippen LogP) is 2.23. The number of rotatable bonds is 4. The Labute approximate surface area is 181 Å². The third-order valence-corrected chi connectivity index (χ3v) is 6.94. The third-order valence-electron chi connectivity index (χ3n) is 4.56. The van der Waals surface area contributed by atoms with E-state index in [-0.39, 0.29) is 36.1 Å². The van der Waals surface area contributed by atoms with Crippen LogP contribution in [0.15, 0.2) is 35.5 Å². The number of sulfonamides is 1. The van der Waals surface area contributed by atoms with Gasteiger partial charge in [0.05, 0.1) is 16.9 Å². The summed E-state index contributed by atoms with van der Waals surface area (Å²) in [4.78, 5) is 13.7. The molecule has 1 aliphatic heterocycles. The number of ether oxygens (including phenoxy) is 1. The van der Waals surface area contributed by atoms with Gasteiger partial charge in [0.1, 0.15) is 10.5 Å². The fraction of sp³-hybridized carbons (Fsp3) is 0.474. The molecule has 2 N–H and O–H groups in total. The molecule has 1 saturated heterocycles. The first-order valence-corrected chi connectivity index (χ1v) is 11.3. The minimum atomic E-state index is -3.80.